The molecule has 0 fully saturated rings. The van der Waals surface area contributed by atoms with Crippen molar-refractivity contribution in [2.75, 3.05) is 23.8 Å². The lowest BCUT2D eigenvalue weighted by molar-refractivity contribution is 0.0984. The number of nitrogens with one attached hydrogen (secondary N) is 1. The molecular formula is C15H15ClFN3O. The van der Waals surface area contributed by atoms with Gasteiger partial charge in [-0.15, -0.1) is 0 Å². The first-order valence-corrected chi connectivity index (χ1v) is 6.86. The highest BCUT2D eigenvalue weighted by Gasteiger charge is 2.21. The summed E-state index contributed by atoms with van der Waals surface area (Å²) in [4.78, 5) is 18.2. The summed E-state index contributed by atoms with van der Waals surface area (Å²) in [7, 11) is 1.70. The summed E-state index contributed by atoms with van der Waals surface area (Å²) >= 11 is 6.06. The minimum absolute atomic E-state index is 0.134. The molecule has 1 aromatic carbocycles. The van der Waals surface area contributed by atoms with Gasteiger partial charge < -0.3 is 10.2 Å². The van der Waals surface area contributed by atoms with Crippen molar-refractivity contribution in [3.05, 3.63) is 52.9 Å². The van der Waals surface area contributed by atoms with Crippen molar-refractivity contribution in [3.63, 3.8) is 0 Å². The summed E-state index contributed by atoms with van der Waals surface area (Å²) < 4.78 is 13.3. The minimum Gasteiger partial charge on any atom is -0.373 e. The van der Waals surface area contributed by atoms with Crippen molar-refractivity contribution in [2.45, 2.75) is 6.92 Å². The number of hydrogen-bond donors (Lipinski definition) is 1. The van der Waals surface area contributed by atoms with E-state index in [1.54, 1.807) is 38.2 Å². The Kier molecular flexibility index (Phi) is 4.75. The number of carbonyl (C=O) groups excluding carboxylic acids is 1. The topological polar surface area (TPSA) is 45.2 Å². The largest absolute Gasteiger partial charge is 0.373 e. The Morgan fingerprint density at radius 1 is 1.38 bits per heavy atom. The van der Waals surface area contributed by atoms with Gasteiger partial charge in [-0.1, -0.05) is 17.7 Å². The van der Waals surface area contributed by atoms with Crippen molar-refractivity contribution in [3.8, 4) is 0 Å². The molecule has 0 aliphatic carbocycles. The number of nitrogens with zero attached hydrogens (tertiary/aromatic N) is 2. The molecule has 110 valence electrons. The van der Waals surface area contributed by atoms with Gasteiger partial charge in [-0.05, 0) is 37.3 Å². The van der Waals surface area contributed by atoms with Crippen LogP contribution in [-0.4, -0.2) is 24.5 Å². The zero-order valence-electron chi connectivity index (χ0n) is 11.7. The van der Waals surface area contributed by atoms with Crippen LogP contribution in [0, 0.1) is 5.82 Å². The van der Waals surface area contributed by atoms with E-state index in [4.69, 9.17) is 11.6 Å². The van der Waals surface area contributed by atoms with E-state index < -0.39 is 5.82 Å². The molecule has 0 bridgehead atoms. The number of hydrogen-bond acceptors (Lipinski definition) is 3. The van der Waals surface area contributed by atoms with Gasteiger partial charge in [0.15, 0.2) is 0 Å². The number of rotatable bonds is 4. The summed E-state index contributed by atoms with van der Waals surface area (Å²) in [5, 5.41) is 3.11. The van der Waals surface area contributed by atoms with E-state index >= 15 is 0 Å². The number of anilines is 2. The van der Waals surface area contributed by atoms with Gasteiger partial charge in [0, 0.05) is 19.3 Å². The zero-order chi connectivity index (χ0) is 15.4. The fourth-order valence-corrected chi connectivity index (χ4v) is 2.13. The fourth-order valence-electron chi connectivity index (χ4n) is 1.95. The maximum Gasteiger partial charge on any atom is 0.278 e. The van der Waals surface area contributed by atoms with Crippen LogP contribution in [0.5, 0.6) is 0 Å². The number of amides is 1. The number of halogens is 2. The normalized spacial score (nSPS) is 10.3. The Bertz CT molecular complexity index is 663. The van der Waals surface area contributed by atoms with E-state index in [0.29, 0.717) is 18.1 Å². The van der Waals surface area contributed by atoms with E-state index in [2.05, 4.69) is 10.3 Å². The van der Waals surface area contributed by atoms with Gasteiger partial charge in [0.1, 0.15) is 17.3 Å². The van der Waals surface area contributed by atoms with Crippen LogP contribution in [0.4, 0.5) is 15.9 Å². The highest BCUT2D eigenvalue weighted by Crippen LogP contribution is 2.22. The molecule has 0 saturated heterocycles. The third-order valence-corrected chi connectivity index (χ3v) is 3.29. The molecule has 1 heterocycles. The van der Waals surface area contributed by atoms with Crippen LogP contribution in [0.1, 0.15) is 17.4 Å². The van der Waals surface area contributed by atoms with Gasteiger partial charge in [0.05, 0.1) is 5.02 Å². The quantitative estimate of drug-likeness (QED) is 0.939. The first-order chi connectivity index (χ1) is 10.1. The van der Waals surface area contributed by atoms with E-state index in [0.717, 1.165) is 0 Å². The highest BCUT2D eigenvalue weighted by atomic mass is 35.5. The number of aromatic nitrogens is 1. The maximum atomic E-state index is 13.3. The molecule has 0 spiro atoms. The molecule has 0 unspecified atom stereocenters. The number of carbonyl (C=O) groups is 1. The predicted octanol–water partition coefficient (Wildman–Crippen LogP) is 3.58. The Morgan fingerprint density at radius 2 is 2.14 bits per heavy atom. The molecule has 0 atom stereocenters. The van der Waals surface area contributed by atoms with Crippen molar-refractivity contribution in [2.24, 2.45) is 0 Å². The second-order valence-electron chi connectivity index (χ2n) is 4.31. The summed E-state index contributed by atoms with van der Waals surface area (Å²) in [6.07, 6.45) is 0. The third-order valence-electron chi connectivity index (χ3n) is 2.99. The van der Waals surface area contributed by atoms with Crippen LogP contribution < -0.4 is 10.2 Å². The molecule has 1 N–H and O–H groups in total. The van der Waals surface area contributed by atoms with Crippen molar-refractivity contribution < 1.29 is 9.18 Å². The Morgan fingerprint density at radius 3 is 2.76 bits per heavy atom. The second-order valence-corrected chi connectivity index (χ2v) is 4.71. The molecule has 0 aliphatic rings. The summed E-state index contributed by atoms with van der Waals surface area (Å²) in [5.74, 6) is -0.231. The van der Waals surface area contributed by atoms with Gasteiger partial charge in [-0.25, -0.2) is 9.37 Å². The molecule has 1 amide bonds. The van der Waals surface area contributed by atoms with E-state index in [9.17, 15) is 9.18 Å². The fraction of sp³-hybridized carbons (Fsp3) is 0.200. The monoisotopic (exact) mass is 307 g/mol. The molecule has 21 heavy (non-hydrogen) atoms. The molecule has 0 saturated carbocycles. The van der Waals surface area contributed by atoms with E-state index in [1.165, 1.54) is 17.0 Å². The van der Waals surface area contributed by atoms with Crippen LogP contribution >= 0.6 is 11.6 Å². The van der Waals surface area contributed by atoms with Gasteiger partial charge in [-0.2, -0.15) is 0 Å². The lowest BCUT2D eigenvalue weighted by atomic mass is 10.2. The summed E-state index contributed by atoms with van der Waals surface area (Å²) in [5.41, 5.74) is 0.602. The zero-order valence-corrected chi connectivity index (χ0v) is 12.5. The van der Waals surface area contributed by atoms with Gasteiger partial charge in [0.25, 0.3) is 5.91 Å². The average molecular weight is 308 g/mol. The molecule has 2 rings (SSSR count). The molecule has 0 radical (unpaired) electrons. The Hall–Kier alpha value is -2.14. The smallest absolute Gasteiger partial charge is 0.278 e. The van der Waals surface area contributed by atoms with Crippen molar-refractivity contribution in [1.29, 1.82) is 0 Å². The third kappa shape index (κ3) is 3.31. The SMILES string of the molecule is CCN(C(=O)c1nc(NC)ccc1Cl)c1cccc(F)c1. The standard InChI is InChI=1S/C15H15ClFN3O/c1-3-20(11-6-4-5-10(17)9-11)15(21)14-12(16)7-8-13(18-2)19-14/h4-9H,3H2,1-2H3,(H,18,19). The van der Waals surface area contributed by atoms with Crippen LogP contribution in [0.15, 0.2) is 36.4 Å². The molecule has 4 nitrogen and oxygen atoms in total. The van der Waals surface area contributed by atoms with Gasteiger partial charge >= 0.3 is 0 Å². The Balaban J connectivity index is 2.41. The van der Waals surface area contributed by atoms with Crippen molar-refractivity contribution >= 4 is 29.0 Å². The lowest BCUT2D eigenvalue weighted by Crippen LogP contribution is -2.31. The van der Waals surface area contributed by atoms with Gasteiger partial charge in [0.2, 0.25) is 0 Å². The lowest BCUT2D eigenvalue weighted by Gasteiger charge is -2.21. The van der Waals surface area contributed by atoms with Crippen LogP contribution in [0.25, 0.3) is 0 Å². The minimum atomic E-state index is -0.401. The highest BCUT2D eigenvalue weighted by molar-refractivity contribution is 6.34. The molecule has 6 heteroatoms. The summed E-state index contributed by atoms with van der Waals surface area (Å²) in [6, 6.07) is 9.14. The van der Waals surface area contributed by atoms with Gasteiger partial charge in [-0.3, -0.25) is 4.79 Å². The summed E-state index contributed by atoms with van der Waals surface area (Å²) in [6.45, 7) is 2.18. The van der Waals surface area contributed by atoms with E-state index in [1.807, 2.05) is 0 Å². The molecule has 1 aromatic heterocycles. The van der Waals surface area contributed by atoms with Crippen LogP contribution in [0.2, 0.25) is 5.02 Å². The average Bonchev–Trinajstić information content (AvgIpc) is 2.48. The molecular weight excluding hydrogens is 293 g/mol. The first kappa shape index (κ1) is 15.3. The van der Waals surface area contributed by atoms with Crippen LogP contribution in [0.3, 0.4) is 0 Å². The number of pyridine rings is 1. The second kappa shape index (κ2) is 6.54. The number of benzene rings is 1. The van der Waals surface area contributed by atoms with Crippen molar-refractivity contribution in [1.82, 2.24) is 4.98 Å². The van der Waals surface area contributed by atoms with E-state index in [-0.39, 0.29) is 16.6 Å². The van der Waals surface area contributed by atoms with Crippen LogP contribution in [-0.2, 0) is 0 Å². The Labute approximate surface area is 127 Å². The predicted molar refractivity (Wildman–Crippen MR) is 82.5 cm³/mol. The maximum absolute atomic E-state index is 13.3. The molecule has 2 aromatic rings. The first-order valence-electron chi connectivity index (χ1n) is 6.48. The molecule has 0 aliphatic heterocycles.